The molecule has 29 heavy (non-hydrogen) atoms. The van der Waals surface area contributed by atoms with E-state index in [2.05, 4.69) is 36.9 Å². The molecule has 154 valence electrons. The summed E-state index contributed by atoms with van der Waals surface area (Å²) < 4.78 is 4.87. The fraction of sp³-hybridized carbons (Fsp3) is 0.500. The molecule has 0 N–H and O–H groups in total. The molecule has 0 aliphatic carbocycles. The standard InChI is InChI=1S/C22H29N5O2/c1-4-5-6-7-8-12-27-20(28)18-19(24(3)22(27)29)23-21-25(13-14-26(18)21)17-11-9-10-16(2)15-17/h9-11,15H,4-8,12-14H2,1-3H3. The molecular weight excluding hydrogens is 366 g/mol. The van der Waals surface area contributed by atoms with Crippen LogP contribution >= 0.6 is 0 Å². The summed E-state index contributed by atoms with van der Waals surface area (Å²) in [6, 6.07) is 8.25. The molecule has 4 rings (SSSR count). The van der Waals surface area contributed by atoms with Gasteiger partial charge in [0, 0.05) is 32.4 Å². The minimum Gasteiger partial charge on any atom is -0.310 e. The van der Waals surface area contributed by atoms with Crippen LogP contribution in [0.15, 0.2) is 33.9 Å². The van der Waals surface area contributed by atoms with Crippen molar-refractivity contribution in [2.45, 2.75) is 59.0 Å². The van der Waals surface area contributed by atoms with E-state index in [1.807, 2.05) is 10.6 Å². The van der Waals surface area contributed by atoms with Crippen LogP contribution in [0.25, 0.3) is 11.2 Å². The van der Waals surface area contributed by atoms with Gasteiger partial charge in [-0.1, -0.05) is 44.7 Å². The lowest BCUT2D eigenvalue weighted by Gasteiger charge is -2.16. The van der Waals surface area contributed by atoms with Crippen LogP contribution in [-0.4, -0.2) is 25.2 Å². The molecule has 2 aromatic heterocycles. The van der Waals surface area contributed by atoms with Crippen LogP contribution in [0.2, 0.25) is 0 Å². The summed E-state index contributed by atoms with van der Waals surface area (Å²) in [5, 5.41) is 0. The van der Waals surface area contributed by atoms with Crippen molar-refractivity contribution >= 4 is 22.8 Å². The zero-order valence-electron chi connectivity index (χ0n) is 17.5. The molecule has 0 amide bonds. The van der Waals surface area contributed by atoms with Crippen LogP contribution < -0.4 is 16.1 Å². The normalized spacial score (nSPS) is 13.4. The SMILES string of the molecule is CCCCCCCn1c(=O)c2c(nc3n2CCN3c2cccc(C)c2)n(C)c1=O. The van der Waals surface area contributed by atoms with Gasteiger partial charge in [0.05, 0.1) is 0 Å². The van der Waals surface area contributed by atoms with E-state index in [1.54, 1.807) is 7.05 Å². The number of hydrogen-bond donors (Lipinski definition) is 0. The highest BCUT2D eigenvalue weighted by Crippen LogP contribution is 2.31. The summed E-state index contributed by atoms with van der Waals surface area (Å²) in [6.07, 6.45) is 5.38. The molecule has 0 atom stereocenters. The predicted molar refractivity (Wildman–Crippen MR) is 116 cm³/mol. The average Bonchev–Trinajstić information content (AvgIpc) is 3.28. The molecule has 7 nitrogen and oxygen atoms in total. The Hall–Kier alpha value is -2.83. The number of aromatic nitrogens is 4. The molecule has 0 bridgehead atoms. The van der Waals surface area contributed by atoms with Gasteiger partial charge < -0.3 is 9.47 Å². The first kappa shape index (κ1) is 19.5. The van der Waals surface area contributed by atoms with Gasteiger partial charge >= 0.3 is 5.69 Å². The first-order chi connectivity index (χ1) is 14.0. The molecule has 3 aromatic rings. The topological polar surface area (TPSA) is 65.1 Å². The first-order valence-electron chi connectivity index (χ1n) is 10.6. The molecule has 3 heterocycles. The lowest BCUT2D eigenvalue weighted by Crippen LogP contribution is -2.39. The lowest BCUT2D eigenvalue weighted by atomic mass is 10.1. The Bertz CT molecular complexity index is 1150. The second-order valence-electron chi connectivity index (χ2n) is 7.94. The molecular formula is C22H29N5O2. The maximum atomic E-state index is 13.2. The van der Waals surface area contributed by atoms with Crippen LogP contribution in [0.3, 0.4) is 0 Å². The molecule has 0 radical (unpaired) electrons. The Morgan fingerprint density at radius 3 is 2.62 bits per heavy atom. The van der Waals surface area contributed by atoms with Crippen molar-refractivity contribution in [3.05, 3.63) is 50.7 Å². The van der Waals surface area contributed by atoms with Crippen LogP contribution in [0.1, 0.15) is 44.6 Å². The molecule has 7 heteroatoms. The van der Waals surface area contributed by atoms with Crippen LogP contribution in [0.4, 0.5) is 11.6 Å². The highest BCUT2D eigenvalue weighted by atomic mass is 16.2. The fourth-order valence-corrected chi connectivity index (χ4v) is 4.19. The van der Waals surface area contributed by atoms with E-state index >= 15 is 0 Å². The summed E-state index contributed by atoms with van der Waals surface area (Å²) in [6.45, 7) is 6.15. The third kappa shape index (κ3) is 3.39. The number of hydrogen-bond acceptors (Lipinski definition) is 4. The summed E-state index contributed by atoms with van der Waals surface area (Å²) in [5.41, 5.74) is 2.73. The Balaban J connectivity index is 1.74. The highest BCUT2D eigenvalue weighted by Gasteiger charge is 2.28. The Morgan fingerprint density at radius 2 is 1.86 bits per heavy atom. The lowest BCUT2D eigenvalue weighted by molar-refractivity contribution is 0.531. The minimum atomic E-state index is -0.281. The van der Waals surface area contributed by atoms with Crippen molar-refractivity contribution in [2.75, 3.05) is 11.4 Å². The smallest absolute Gasteiger partial charge is 0.310 e. The van der Waals surface area contributed by atoms with Gasteiger partial charge in [-0.15, -0.1) is 0 Å². The van der Waals surface area contributed by atoms with E-state index in [-0.39, 0.29) is 11.2 Å². The van der Waals surface area contributed by atoms with Gasteiger partial charge in [0.15, 0.2) is 11.2 Å². The van der Waals surface area contributed by atoms with Gasteiger partial charge in [-0.2, -0.15) is 4.98 Å². The number of benzene rings is 1. The monoisotopic (exact) mass is 395 g/mol. The van der Waals surface area contributed by atoms with Crippen molar-refractivity contribution in [1.29, 1.82) is 0 Å². The number of imidazole rings is 1. The van der Waals surface area contributed by atoms with Crippen molar-refractivity contribution in [3.8, 4) is 0 Å². The summed E-state index contributed by atoms with van der Waals surface area (Å²) in [5.74, 6) is 0.735. The Morgan fingerprint density at radius 1 is 1.07 bits per heavy atom. The quantitative estimate of drug-likeness (QED) is 0.576. The van der Waals surface area contributed by atoms with Crippen molar-refractivity contribution in [2.24, 2.45) is 7.05 Å². The van der Waals surface area contributed by atoms with Crippen LogP contribution in [0.5, 0.6) is 0 Å². The van der Waals surface area contributed by atoms with E-state index in [1.165, 1.54) is 27.5 Å². The summed E-state index contributed by atoms with van der Waals surface area (Å²) in [7, 11) is 1.71. The number of unbranched alkanes of at least 4 members (excludes halogenated alkanes) is 4. The van der Waals surface area contributed by atoms with E-state index in [0.29, 0.717) is 24.3 Å². The van der Waals surface area contributed by atoms with E-state index < -0.39 is 0 Å². The molecule has 0 fully saturated rings. The van der Waals surface area contributed by atoms with Crippen LogP contribution in [0, 0.1) is 6.92 Å². The minimum absolute atomic E-state index is 0.219. The van der Waals surface area contributed by atoms with Gasteiger partial charge in [0.25, 0.3) is 5.56 Å². The average molecular weight is 396 g/mol. The maximum Gasteiger partial charge on any atom is 0.332 e. The second kappa shape index (κ2) is 7.89. The van der Waals surface area contributed by atoms with Gasteiger partial charge in [-0.25, -0.2) is 4.79 Å². The second-order valence-corrected chi connectivity index (χ2v) is 7.94. The fourth-order valence-electron chi connectivity index (χ4n) is 4.19. The number of anilines is 2. The maximum absolute atomic E-state index is 13.2. The van der Waals surface area contributed by atoms with Gasteiger partial charge in [0.2, 0.25) is 5.95 Å². The van der Waals surface area contributed by atoms with Gasteiger partial charge in [-0.05, 0) is 31.0 Å². The van der Waals surface area contributed by atoms with E-state index in [9.17, 15) is 9.59 Å². The number of nitrogens with zero attached hydrogens (tertiary/aromatic N) is 5. The summed E-state index contributed by atoms with van der Waals surface area (Å²) >= 11 is 0. The molecule has 1 aliphatic rings. The molecule has 1 aromatic carbocycles. The zero-order valence-corrected chi connectivity index (χ0v) is 17.5. The summed E-state index contributed by atoms with van der Waals surface area (Å²) in [4.78, 5) is 32.8. The molecule has 1 aliphatic heterocycles. The molecule has 0 saturated carbocycles. The molecule has 0 saturated heterocycles. The van der Waals surface area contributed by atoms with Crippen molar-refractivity contribution in [3.63, 3.8) is 0 Å². The predicted octanol–water partition coefficient (Wildman–Crippen LogP) is 3.33. The van der Waals surface area contributed by atoms with Crippen LogP contribution in [-0.2, 0) is 20.1 Å². The van der Waals surface area contributed by atoms with Gasteiger partial charge in [-0.3, -0.25) is 13.9 Å². The molecule has 0 unspecified atom stereocenters. The molecule has 0 spiro atoms. The van der Waals surface area contributed by atoms with Crippen molar-refractivity contribution in [1.82, 2.24) is 18.7 Å². The largest absolute Gasteiger partial charge is 0.332 e. The van der Waals surface area contributed by atoms with E-state index in [0.717, 1.165) is 37.4 Å². The third-order valence-corrected chi connectivity index (χ3v) is 5.80. The Kier molecular flexibility index (Phi) is 5.30. The Labute approximate surface area is 170 Å². The third-order valence-electron chi connectivity index (χ3n) is 5.80. The van der Waals surface area contributed by atoms with Crippen molar-refractivity contribution < 1.29 is 0 Å². The van der Waals surface area contributed by atoms with E-state index in [4.69, 9.17) is 4.98 Å². The number of aryl methyl sites for hydroxylation is 2. The first-order valence-corrected chi connectivity index (χ1v) is 10.6. The van der Waals surface area contributed by atoms with Gasteiger partial charge in [0.1, 0.15) is 0 Å². The highest BCUT2D eigenvalue weighted by molar-refractivity contribution is 5.77. The zero-order chi connectivity index (χ0) is 20.5. The number of fused-ring (bicyclic) bond motifs is 3. The number of rotatable bonds is 7.